The van der Waals surface area contributed by atoms with Crippen LogP contribution in [0.4, 0.5) is 0 Å². The van der Waals surface area contributed by atoms with Gasteiger partial charge in [-0.25, -0.2) is 0 Å². The Bertz CT molecular complexity index is 1360. The van der Waals surface area contributed by atoms with E-state index >= 15 is 0 Å². The Morgan fingerprint density at radius 2 is 1.86 bits per heavy atom. The lowest BCUT2D eigenvalue weighted by Gasteiger charge is -2.60. The van der Waals surface area contributed by atoms with E-state index in [1.807, 2.05) is 56.3 Å². The third kappa shape index (κ3) is 4.53. The van der Waals surface area contributed by atoms with Crippen molar-refractivity contribution in [2.24, 2.45) is 22.7 Å². The first-order valence-corrected chi connectivity index (χ1v) is 13.4. The van der Waals surface area contributed by atoms with Crippen molar-refractivity contribution in [1.82, 2.24) is 0 Å². The van der Waals surface area contributed by atoms with E-state index < -0.39 is 11.5 Å². The number of fused-ring (bicyclic) bond motifs is 2. The van der Waals surface area contributed by atoms with Crippen molar-refractivity contribution in [2.45, 2.75) is 59.0 Å². The van der Waals surface area contributed by atoms with Crippen LogP contribution in [0.2, 0.25) is 0 Å². The molecule has 196 valence electrons. The van der Waals surface area contributed by atoms with E-state index in [2.05, 4.69) is 13.5 Å². The molecule has 1 aromatic heterocycles. The fraction of sp³-hybridized carbons (Fsp3) is 0.469. The van der Waals surface area contributed by atoms with E-state index in [1.165, 1.54) is 5.57 Å². The Kier molecular flexibility index (Phi) is 6.80. The van der Waals surface area contributed by atoms with Crippen molar-refractivity contribution in [3.05, 3.63) is 76.5 Å². The van der Waals surface area contributed by atoms with Crippen LogP contribution in [-0.2, 0) is 0 Å². The summed E-state index contributed by atoms with van der Waals surface area (Å²) in [6.07, 6.45) is 3.92. The molecule has 37 heavy (non-hydrogen) atoms. The first kappa shape index (κ1) is 25.7. The lowest BCUT2D eigenvalue weighted by molar-refractivity contribution is -0.152. The van der Waals surface area contributed by atoms with Crippen LogP contribution in [0.15, 0.2) is 69.9 Å². The molecule has 0 bridgehead atoms. The lowest BCUT2D eigenvalue weighted by atomic mass is 9.46. The van der Waals surface area contributed by atoms with Crippen molar-refractivity contribution < 1.29 is 19.4 Å². The van der Waals surface area contributed by atoms with Gasteiger partial charge in [0.05, 0.1) is 24.7 Å². The van der Waals surface area contributed by atoms with Gasteiger partial charge in [-0.05, 0) is 92.7 Å². The minimum atomic E-state index is -0.473. The van der Waals surface area contributed by atoms with Crippen molar-refractivity contribution in [3.63, 3.8) is 0 Å². The van der Waals surface area contributed by atoms with Gasteiger partial charge in [0.2, 0.25) is 0 Å². The average Bonchev–Trinajstić information content (AvgIpc) is 2.89. The zero-order chi connectivity index (χ0) is 26.4. The van der Waals surface area contributed by atoms with Crippen LogP contribution in [0.25, 0.3) is 22.3 Å². The van der Waals surface area contributed by atoms with Crippen molar-refractivity contribution in [3.8, 4) is 17.1 Å². The molecule has 0 saturated heterocycles. The molecule has 0 spiro atoms. The number of allylic oxidation sites excluding steroid dienone is 1. The van der Waals surface area contributed by atoms with Crippen LogP contribution in [0.1, 0.15) is 51.5 Å². The van der Waals surface area contributed by atoms with Crippen LogP contribution in [0.3, 0.4) is 0 Å². The van der Waals surface area contributed by atoms with Crippen molar-refractivity contribution in [1.29, 1.82) is 0 Å². The number of ether oxygens (including phenoxy) is 1. The summed E-state index contributed by atoms with van der Waals surface area (Å²) < 4.78 is 12.2. The Balaban J connectivity index is 1.27. The SMILES string of the molecule is C=C1CCC2[C@](C)(CO)[C@H](O)CC[C@@]2(C)[C@@H]1CCOc1ccc(-c2cc(=O)c3cc(C)ccc3o2)cc1. The number of hydrogen-bond acceptors (Lipinski definition) is 5. The second-order valence-corrected chi connectivity index (χ2v) is 11.7. The van der Waals surface area contributed by atoms with E-state index in [0.29, 0.717) is 35.7 Å². The fourth-order valence-corrected chi connectivity index (χ4v) is 7.16. The Labute approximate surface area is 218 Å². The maximum Gasteiger partial charge on any atom is 0.193 e. The molecule has 5 atom stereocenters. The van der Waals surface area contributed by atoms with Crippen LogP contribution in [0.5, 0.6) is 5.75 Å². The summed E-state index contributed by atoms with van der Waals surface area (Å²) in [7, 11) is 0. The number of aryl methyl sites for hydroxylation is 1. The Hall–Kier alpha value is -2.89. The zero-order valence-electron chi connectivity index (χ0n) is 22.1. The van der Waals surface area contributed by atoms with Gasteiger partial charge in [0.15, 0.2) is 5.43 Å². The summed E-state index contributed by atoms with van der Waals surface area (Å²) in [5, 5.41) is 21.5. The third-order valence-electron chi connectivity index (χ3n) is 9.39. The Morgan fingerprint density at radius 1 is 1.11 bits per heavy atom. The van der Waals surface area contributed by atoms with E-state index in [4.69, 9.17) is 9.15 Å². The topological polar surface area (TPSA) is 79.9 Å². The van der Waals surface area contributed by atoms with Crippen molar-refractivity contribution in [2.75, 3.05) is 13.2 Å². The molecule has 1 heterocycles. The van der Waals surface area contributed by atoms with E-state index in [0.717, 1.165) is 42.6 Å². The molecule has 2 saturated carbocycles. The summed E-state index contributed by atoms with van der Waals surface area (Å²) in [6, 6.07) is 14.8. The second kappa shape index (κ2) is 9.77. The molecule has 2 aliphatic carbocycles. The van der Waals surface area contributed by atoms with Gasteiger partial charge in [-0.3, -0.25) is 4.79 Å². The van der Waals surface area contributed by atoms with Crippen LogP contribution < -0.4 is 10.2 Å². The average molecular weight is 503 g/mol. The molecule has 2 N–H and O–H groups in total. The lowest BCUT2D eigenvalue weighted by Crippen LogP contribution is -2.57. The monoisotopic (exact) mass is 502 g/mol. The highest BCUT2D eigenvalue weighted by molar-refractivity contribution is 5.79. The predicted octanol–water partition coefficient (Wildman–Crippen LogP) is 6.28. The summed E-state index contributed by atoms with van der Waals surface area (Å²) in [5.74, 6) is 1.85. The van der Waals surface area contributed by atoms with Gasteiger partial charge in [0, 0.05) is 17.0 Å². The number of rotatable bonds is 6. The highest BCUT2D eigenvalue weighted by Gasteiger charge is 2.57. The zero-order valence-corrected chi connectivity index (χ0v) is 22.1. The molecule has 5 heteroatoms. The molecule has 5 rings (SSSR count). The number of aliphatic hydroxyl groups is 2. The highest BCUT2D eigenvalue weighted by Crippen LogP contribution is 2.61. The molecule has 0 radical (unpaired) electrons. The maximum atomic E-state index is 12.6. The van der Waals surface area contributed by atoms with Gasteiger partial charge in [-0.15, -0.1) is 0 Å². The van der Waals surface area contributed by atoms with Crippen molar-refractivity contribution >= 4 is 11.0 Å². The standard InChI is InChI=1S/C32H38O5/c1-20-5-11-27-24(17-20)26(34)18-28(37-27)22-7-9-23(10-8-22)36-16-14-25-21(2)6-12-29-31(25,3)15-13-30(35)32(29,4)19-33/h5,7-11,17-18,25,29-30,33,35H,2,6,12-16,19H2,1,3-4H3/t25-,29?,30-,31+,32+/m1/s1. The molecule has 3 aromatic rings. The van der Waals surface area contributed by atoms with Crippen LogP contribution >= 0.6 is 0 Å². The molecular formula is C32H38O5. The van der Waals surface area contributed by atoms with Gasteiger partial charge in [0.25, 0.3) is 0 Å². The highest BCUT2D eigenvalue weighted by atomic mass is 16.5. The summed E-state index contributed by atoms with van der Waals surface area (Å²) in [6.45, 7) is 11.3. The molecule has 0 aliphatic heterocycles. The largest absolute Gasteiger partial charge is 0.494 e. The maximum absolute atomic E-state index is 12.6. The molecule has 1 unspecified atom stereocenters. The second-order valence-electron chi connectivity index (χ2n) is 11.7. The molecule has 5 nitrogen and oxygen atoms in total. The normalized spacial score (nSPS) is 29.8. The Morgan fingerprint density at radius 3 is 2.59 bits per heavy atom. The van der Waals surface area contributed by atoms with Gasteiger partial charge < -0.3 is 19.4 Å². The molecule has 2 aromatic carbocycles. The first-order chi connectivity index (χ1) is 17.7. The number of benzene rings is 2. The number of hydrogen-bond donors (Lipinski definition) is 2. The summed E-state index contributed by atoms with van der Waals surface area (Å²) in [4.78, 5) is 12.6. The fourth-order valence-electron chi connectivity index (χ4n) is 7.16. The molecule has 2 aliphatic rings. The molecular weight excluding hydrogens is 464 g/mol. The van der Waals surface area contributed by atoms with Crippen LogP contribution in [-0.4, -0.2) is 29.5 Å². The minimum Gasteiger partial charge on any atom is -0.494 e. The quantitative estimate of drug-likeness (QED) is 0.388. The third-order valence-corrected chi connectivity index (χ3v) is 9.39. The van der Waals surface area contributed by atoms with Gasteiger partial charge >= 0.3 is 0 Å². The van der Waals surface area contributed by atoms with E-state index in [1.54, 1.807) is 6.07 Å². The van der Waals surface area contributed by atoms with Gasteiger partial charge in [0.1, 0.15) is 17.1 Å². The van der Waals surface area contributed by atoms with E-state index in [-0.39, 0.29) is 23.4 Å². The summed E-state index contributed by atoms with van der Waals surface area (Å²) >= 11 is 0. The van der Waals surface area contributed by atoms with E-state index in [9.17, 15) is 15.0 Å². The molecule has 2 fully saturated rings. The van der Waals surface area contributed by atoms with Crippen LogP contribution in [0, 0.1) is 29.6 Å². The first-order valence-electron chi connectivity index (χ1n) is 13.4. The minimum absolute atomic E-state index is 0.00738. The van der Waals surface area contributed by atoms with Gasteiger partial charge in [-0.1, -0.05) is 37.6 Å². The number of aliphatic hydroxyl groups excluding tert-OH is 2. The smallest absolute Gasteiger partial charge is 0.193 e. The molecule has 0 amide bonds. The van der Waals surface area contributed by atoms with Gasteiger partial charge in [-0.2, -0.15) is 0 Å². The predicted molar refractivity (Wildman–Crippen MR) is 147 cm³/mol. The summed E-state index contributed by atoms with van der Waals surface area (Å²) in [5.41, 5.74) is 3.17.